The molecule has 1 aliphatic rings. The first-order valence-corrected chi connectivity index (χ1v) is 7.29. The van der Waals surface area contributed by atoms with Gasteiger partial charge < -0.3 is 10.4 Å². The molecule has 1 heterocycles. The van der Waals surface area contributed by atoms with Gasteiger partial charge in [0.1, 0.15) is 11.3 Å². The average molecular weight is 292 g/mol. The standard InChI is InChI=1S/C16H18F2N2O/c17-11-7-13-15(4-5-19-16(13)14(18)8-11)20-9-10-2-1-3-12(21)6-10/h4-5,7-8,10,12,21H,1-3,6,9H2,(H,19,20). The van der Waals surface area contributed by atoms with Gasteiger partial charge in [0.15, 0.2) is 5.82 Å². The minimum absolute atomic E-state index is 0.171. The first kappa shape index (κ1) is 14.2. The molecule has 3 nitrogen and oxygen atoms in total. The molecular formula is C16H18F2N2O. The fourth-order valence-electron chi connectivity index (χ4n) is 3.04. The molecule has 3 rings (SSSR count). The maximum atomic E-state index is 13.7. The summed E-state index contributed by atoms with van der Waals surface area (Å²) in [6.07, 6.45) is 5.02. The predicted octanol–water partition coefficient (Wildman–Crippen LogP) is 3.48. The van der Waals surface area contributed by atoms with Crippen LogP contribution in [-0.4, -0.2) is 22.7 Å². The molecule has 0 radical (unpaired) electrons. The summed E-state index contributed by atoms with van der Waals surface area (Å²) < 4.78 is 27.1. The fourth-order valence-corrected chi connectivity index (χ4v) is 3.04. The van der Waals surface area contributed by atoms with Crippen molar-refractivity contribution in [3.8, 4) is 0 Å². The third-order valence-electron chi connectivity index (χ3n) is 4.10. The monoisotopic (exact) mass is 292 g/mol. The minimum Gasteiger partial charge on any atom is -0.393 e. The van der Waals surface area contributed by atoms with Gasteiger partial charge in [-0.1, -0.05) is 6.42 Å². The largest absolute Gasteiger partial charge is 0.393 e. The highest BCUT2D eigenvalue weighted by molar-refractivity contribution is 5.91. The summed E-state index contributed by atoms with van der Waals surface area (Å²) in [5.74, 6) is -0.874. The molecule has 5 heteroatoms. The van der Waals surface area contributed by atoms with E-state index in [1.807, 2.05) is 0 Å². The van der Waals surface area contributed by atoms with Crippen LogP contribution in [0.3, 0.4) is 0 Å². The van der Waals surface area contributed by atoms with Crippen molar-refractivity contribution in [1.82, 2.24) is 4.98 Å². The third-order valence-corrected chi connectivity index (χ3v) is 4.10. The van der Waals surface area contributed by atoms with E-state index in [4.69, 9.17) is 0 Å². The number of fused-ring (bicyclic) bond motifs is 1. The smallest absolute Gasteiger partial charge is 0.152 e. The van der Waals surface area contributed by atoms with Crippen molar-refractivity contribution in [2.24, 2.45) is 5.92 Å². The summed E-state index contributed by atoms with van der Waals surface area (Å²) in [4.78, 5) is 3.97. The topological polar surface area (TPSA) is 45.1 Å². The molecule has 112 valence electrons. The highest BCUT2D eigenvalue weighted by Crippen LogP contribution is 2.28. The van der Waals surface area contributed by atoms with Crippen molar-refractivity contribution in [2.45, 2.75) is 31.8 Å². The lowest BCUT2D eigenvalue weighted by atomic mass is 9.87. The first-order valence-electron chi connectivity index (χ1n) is 7.29. The lowest BCUT2D eigenvalue weighted by Crippen LogP contribution is -2.25. The minimum atomic E-state index is -0.651. The molecule has 21 heavy (non-hydrogen) atoms. The molecule has 0 aliphatic heterocycles. The number of rotatable bonds is 3. The van der Waals surface area contributed by atoms with Crippen LogP contribution in [0.4, 0.5) is 14.5 Å². The number of aromatic nitrogens is 1. The molecule has 0 amide bonds. The van der Waals surface area contributed by atoms with Gasteiger partial charge in [-0.3, -0.25) is 4.98 Å². The van der Waals surface area contributed by atoms with Crippen molar-refractivity contribution in [2.75, 3.05) is 11.9 Å². The zero-order valence-corrected chi connectivity index (χ0v) is 11.6. The Bertz CT molecular complexity index is 647. The van der Waals surface area contributed by atoms with E-state index in [2.05, 4.69) is 10.3 Å². The van der Waals surface area contributed by atoms with Crippen molar-refractivity contribution in [3.05, 3.63) is 36.0 Å². The summed E-state index contributed by atoms with van der Waals surface area (Å²) in [6.45, 7) is 0.689. The van der Waals surface area contributed by atoms with E-state index < -0.39 is 11.6 Å². The van der Waals surface area contributed by atoms with Crippen molar-refractivity contribution in [1.29, 1.82) is 0 Å². The fraction of sp³-hybridized carbons (Fsp3) is 0.438. The van der Waals surface area contributed by atoms with Gasteiger partial charge >= 0.3 is 0 Å². The van der Waals surface area contributed by atoms with E-state index in [9.17, 15) is 13.9 Å². The van der Waals surface area contributed by atoms with Crippen LogP contribution in [0, 0.1) is 17.6 Å². The first-order chi connectivity index (χ1) is 10.1. The molecule has 1 saturated carbocycles. The number of anilines is 1. The van der Waals surface area contributed by atoms with Crippen molar-refractivity contribution >= 4 is 16.6 Å². The molecule has 2 aromatic rings. The van der Waals surface area contributed by atoms with Crippen LogP contribution < -0.4 is 5.32 Å². The highest BCUT2D eigenvalue weighted by Gasteiger charge is 2.20. The third kappa shape index (κ3) is 3.13. The van der Waals surface area contributed by atoms with Crippen LogP contribution in [0.1, 0.15) is 25.7 Å². The Balaban J connectivity index is 1.80. The Labute approximate surface area is 122 Å². The van der Waals surface area contributed by atoms with E-state index in [-0.39, 0.29) is 11.6 Å². The highest BCUT2D eigenvalue weighted by atomic mass is 19.1. The molecule has 1 aromatic carbocycles. The Morgan fingerprint density at radius 2 is 2.14 bits per heavy atom. The molecule has 1 fully saturated rings. The Kier molecular flexibility index (Phi) is 4.01. The van der Waals surface area contributed by atoms with Gasteiger partial charge in [0.05, 0.1) is 6.10 Å². The molecule has 0 bridgehead atoms. The second-order valence-corrected chi connectivity index (χ2v) is 5.71. The van der Waals surface area contributed by atoms with Gasteiger partial charge in [-0.2, -0.15) is 0 Å². The molecule has 1 aromatic heterocycles. The van der Waals surface area contributed by atoms with Crippen LogP contribution in [-0.2, 0) is 0 Å². The van der Waals surface area contributed by atoms with Crippen molar-refractivity contribution in [3.63, 3.8) is 0 Å². The number of hydrogen-bond donors (Lipinski definition) is 2. The summed E-state index contributed by atoms with van der Waals surface area (Å²) in [5, 5.41) is 13.4. The second kappa shape index (κ2) is 5.93. The normalized spacial score (nSPS) is 22.4. The zero-order chi connectivity index (χ0) is 14.8. The summed E-state index contributed by atoms with van der Waals surface area (Å²) >= 11 is 0. The quantitative estimate of drug-likeness (QED) is 0.910. The van der Waals surface area contributed by atoms with Gasteiger partial charge in [-0.15, -0.1) is 0 Å². The molecular weight excluding hydrogens is 274 g/mol. The zero-order valence-electron chi connectivity index (χ0n) is 11.6. The van der Waals surface area contributed by atoms with E-state index in [0.29, 0.717) is 23.5 Å². The lowest BCUT2D eigenvalue weighted by Gasteiger charge is -2.26. The number of halogens is 2. The summed E-state index contributed by atoms with van der Waals surface area (Å²) in [7, 11) is 0. The number of pyridine rings is 1. The van der Waals surface area contributed by atoms with E-state index in [1.165, 1.54) is 12.3 Å². The number of aliphatic hydroxyl groups excluding tert-OH is 1. The maximum absolute atomic E-state index is 13.7. The molecule has 1 aliphatic carbocycles. The molecule has 2 N–H and O–H groups in total. The van der Waals surface area contributed by atoms with Crippen LogP contribution >= 0.6 is 0 Å². The number of nitrogens with zero attached hydrogens (tertiary/aromatic N) is 1. The number of benzene rings is 1. The van der Waals surface area contributed by atoms with Gasteiger partial charge in [-0.05, 0) is 37.3 Å². The Hall–Kier alpha value is -1.75. The maximum Gasteiger partial charge on any atom is 0.152 e. The van der Waals surface area contributed by atoms with E-state index in [1.54, 1.807) is 6.07 Å². The van der Waals surface area contributed by atoms with Gasteiger partial charge in [0, 0.05) is 29.9 Å². The predicted molar refractivity (Wildman–Crippen MR) is 78.1 cm³/mol. The molecule has 2 atom stereocenters. The number of nitrogens with one attached hydrogen (secondary N) is 1. The number of hydrogen-bond acceptors (Lipinski definition) is 3. The van der Waals surface area contributed by atoms with Crippen LogP contribution in [0.2, 0.25) is 0 Å². The molecule has 0 saturated heterocycles. The van der Waals surface area contributed by atoms with Gasteiger partial charge in [-0.25, -0.2) is 8.78 Å². The Morgan fingerprint density at radius 1 is 1.29 bits per heavy atom. The van der Waals surface area contributed by atoms with E-state index >= 15 is 0 Å². The number of aliphatic hydroxyl groups is 1. The second-order valence-electron chi connectivity index (χ2n) is 5.71. The van der Waals surface area contributed by atoms with Crippen LogP contribution in [0.15, 0.2) is 24.4 Å². The van der Waals surface area contributed by atoms with Crippen LogP contribution in [0.5, 0.6) is 0 Å². The van der Waals surface area contributed by atoms with Gasteiger partial charge in [0.25, 0.3) is 0 Å². The average Bonchev–Trinajstić information content (AvgIpc) is 2.45. The Morgan fingerprint density at radius 3 is 2.95 bits per heavy atom. The molecule has 0 spiro atoms. The lowest BCUT2D eigenvalue weighted by molar-refractivity contribution is 0.105. The van der Waals surface area contributed by atoms with E-state index in [0.717, 1.165) is 31.7 Å². The SMILES string of the molecule is OC1CCCC(CNc2ccnc3c(F)cc(F)cc23)C1. The molecule has 2 unspecified atom stereocenters. The summed E-state index contributed by atoms with van der Waals surface area (Å²) in [6, 6.07) is 3.86. The van der Waals surface area contributed by atoms with Gasteiger partial charge in [0.2, 0.25) is 0 Å². The van der Waals surface area contributed by atoms with Crippen LogP contribution in [0.25, 0.3) is 10.9 Å². The summed E-state index contributed by atoms with van der Waals surface area (Å²) in [5.41, 5.74) is 0.851. The van der Waals surface area contributed by atoms with Crippen molar-refractivity contribution < 1.29 is 13.9 Å².